The van der Waals surface area contributed by atoms with Crippen LogP contribution in [0.2, 0.25) is 5.02 Å². The fraction of sp³-hybridized carbons (Fsp3) is 0.357. The van der Waals surface area contributed by atoms with Gasteiger partial charge in [0.15, 0.2) is 5.82 Å². The van der Waals surface area contributed by atoms with Crippen LogP contribution in [0.15, 0.2) is 18.3 Å². The summed E-state index contributed by atoms with van der Waals surface area (Å²) in [5.41, 5.74) is 1.75. The minimum Gasteiger partial charge on any atom is -0.495 e. The van der Waals surface area contributed by atoms with Gasteiger partial charge in [-0.3, -0.25) is 0 Å². The van der Waals surface area contributed by atoms with Crippen LogP contribution in [0, 0.1) is 6.92 Å². The van der Waals surface area contributed by atoms with Gasteiger partial charge in [-0.05, 0) is 31.4 Å². The van der Waals surface area contributed by atoms with Crippen LogP contribution in [0.1, 0.15) is 18.4 Å². The number of hydrogen-bond donors (Lipinski definition) is 2. The summed E-state index contributed by atoms with van der Waals surface area (Å²) in [4.78, 5) is 4.39. The Hall–Kier alpha value is -2.08. The van der Waals surface area contributed by atoms with Gasteiger partial charge in [0.05, 0.1) is 19.0 Å². The molecule has 1 aliphatic rings. The van der Waals surface area contributed by atoms with Crippen LogP contribution in [0.4, 0.5) is 17.5 Å². The summed E-state index contributed by atoms with van der Waals surface area (Å²) in [5, 5.41) is 15.0. The quantitative estimate of drug-likeness (QED) is 0.884. The summed E-state index contributed by atoms with van der Waals surface area (Å²) in [6.45, 7) is 1.94. The molecule has 1 aromatic heterocycles. The second kappa shape index (κ2) is 5.73. The fourth-order valence-electron chi connectivity index (χ4n) is 1.90. The first-order chi connectivity index (χ1) is 10.2. The first-order valence-corrected chi connectivity index (χ1v) is 7.11. The van der Waals surface area contributed by atoms with Crippen LogP contribution in [0.25, 0.3) is 0 Å². The van der Waals surface area contributed by atoms with E-state index in [0.717, 1.165) is 24.1 Å². The van der Waals surface area contributed by atoms with Crippen molar-refractivity contribution in [1.82, 2.24) is 15.2 Å². The standard InChI is InChI=1S/C14H16ClN5O/c1-8-5-11(12(21-2)6-10(8)15)18-13-7-16-20-14(19-13)17-9-3-4-9/h5-7,9H,3-4H2,1-2H3,(H2,17,18,19,20). The van der Waals surface area contributed by atoms with E-state index in [1.54, 1.807) is 19.4 Å². The van der Waals surface area contributed by atoms with Crippen molar-refractivity contribution in [2.24, 2.45) is 0 Å². The van der Waals surface area contributed by atoms with Crippen molar-refractivity contribution in [2.75, 3.05) is 17.7 Å². The number of nitrogens with one attached hydrogen (secondary N) is 2. The second-order valence-corrected chi connectivity index (χ2v) is 5.42. The van der Waals surface area contributed by atoms with E-state index in [1.807, 2.05) is 13.0 Å². The third kappa shape index (κ3) is 3.33. The number of aryl methyl sites for hydroxylation is 1. The molecule has 0 amide bonds. The van der Waals surface area contributed by atoms with E-state index < -0.39 is 0 Å². The molecule has 0 unspecified atom stereocenters. The number of ether oxygens (including phenoxy) is 1. The van der Waals surface area contributed by atoms with Crippen LogP contribution >= 0.6 is 11.6 Å². The predicted octanol–water partition coefficient (Wildman–Crippen LogP) is 3.16. The summed E-state index contributed by atoms with van der Waals surface area (Å²) in [5.74, 6) is 1.79. The van der Waals surface area contributed by atoms with Crippen LogP contribution in [-0.4, -0.2) is 28.3 Å². The molecule has 0 aliphatic heterocycles. The highest BCUT2D eigenvalue weighted by molar-refractivity contribution is 6.31. The number of nitrogens with zero attached hydrogens (tertiary/aromatic N) is 3. The number of methoxy groups -OCH3 is 1. The molecule has 2 aromatic rings. The van der Waals surface area contributed by atoms with Gasteiger partial charge in [0, 0.05) is 17.1 Å². The van der Waals surface area contributed by atoms with Crippen molar-refractivity contribution >= 4 is 29.1 Å². The molecule has 1 fully saturated rings. The van der Waals surface area contributed by atoms with Gasteiger partial charge in [0.2, 0.25) is 5.95 Å². The Bertz CT molecular complexity index is 660. The zero-order valence-corrected chi connectivity index (χ0v) is 12.6. The Morgan fingerprint density at radius 1 is 1.33 bits per heavy atom. The normalized spacial score (nSPS) is 13.9. The van der Waals surface area contributed by atoms with E-state index in [9.17, 15) is 0 Å². The molecule has 21 heavy (non-hydrogen) atoms. The molecule has 2 N–H and O–H groups in total. The van der Waals surface area contributed by atoms with Crippen molar-refractivity contribution in [1.29, 1.82) is 0 Å². The van der Waals surface area contributed by atoms with E-state index in [2.05, 4.69) is 25.8 Å². The van der Waals surface area contributed by atoms with Crippen molar-refractivity contribution in [3.05, 3.63) is 28.9 Å². The fourth-order valence-corrected chi connectivity index (χ4v) is 2.06. The van der Waals surface area contributed by atoms with Gasteiger partial charge in [0.1, 0.15) is 5.75 Å². The molecule has 6 nitrogen and oxygen atoms in total. The molecule has 1 heterocycles. The third-order valence-corrected chi connectivity index (χ3v) is 3.62. The van der Waals surface area contributed by atoms with E-state index in [-0.39, 0.29) is 0 Å². The number of benzene rings is 1. The molecule has 1 aliphatic carbocycles. The molecule has 0 radical (unpaired) electrons. The summed E-state index contributed by atoms with van der Waals surface area (Å²) in [6.07, 6.45) is 3.89. The minimum atomic E-state index is 0.481. The Morgan fingerprint density at radius 2 is 2.14 bits per heavy atom. The average molecular weight is 306 g/mol. The van der Waals surface area contributed by atoms with Crippen molar-refractivity contribution < 1.29 is 4.74 Å². The zero-order chi connectivity index (χ0) is 14.8. The Morgan fingerprint density at radius 3 is 2.86 bits per heavy atom. The summed E-state index contributed by atoms with van der Waals surface area (Å²) in [6, 6.07) is 4.17. The molecule has 7 heteroatoms. The first kappa shape index (κ1) is 13.9. The lowest BCUT2D eigenvalue weighted by Crippen LogP contribution is -2.08. The lowest BCUT2D eigenvalue weighted by atomic mass is 10.2. The van der Waals surface area contributed by atoms with Gasteiger partial charge in [-0.15, -0.1) is 5.10 Å². The van der Waals surface area contributed by atoms with Gasteiger partial charge < -0.3 is 15.4 Å². The topological polar surface area (TPSA) is 72.0 Å². The Labute approximate surface area is 127 Å². The van der Waals surface area contributed by atoms with Gasteiger partial charge in [-0.25, -0.2) is 0 Å². The largest absolute Gasteiger partial charge is 0.495 e. The number of rotatable bonds is 5. The van der Waals surface area contributed by atoms with Gasteiger partial charge in [0.25, 0.3) is 0 Å². The van der Waals surface area contributed by atoms with E-state index in [0.29, 0.717) is 28.6 Å². The lowest BCUT2D eigenvalue weighted by molar-refractivity contribution is 0.416. The van der Waals surface area contributed by atoms with Crippen molar-refractivity contribution in [3.63, 3.8) is 0 Å². The average Bonchev–Trinajstić information content (AvgIpc) is 3.27. The van der Waals surface area contributed by atoms with Crippen LogP contribution in [0.3, 0.4) is 0 Å². The number of anilines is 3. The molecule has 0 atom stereocenters. The highest BCUT2D eigenvalue weighted by atomic mass is 35.5. The van der Waals surface area contributed by atoms with Gasteiger partial charge in [-0.2, -0.15) is 10.1 Å². The molecule has 1 saturated carbocycles. The highest BCUT2D eigenvalue weighted by Crippen LogP contribution is 2.32. The van der Waals surface area contributed by atoms with Gasteiger partial charge >= 0.3 is 0 Å². The monoisotopic (exact) mass is 305 g/mol. The highest BCUT2D eigenvalue weighted by Gasteiger charge is 2.22. The first-order valence-electron chi connectivity index (χ1n) is 6.73. The molecular formula is C14H16ClN5O. The molecule has 0 spiro atoms. The third-order valence-electron chi connectivity index (χ3n) is 3.21. The second-order valence-electron chi connectivity index (χ2n) is 5.01. The Balaban J connectivity index is 1.83. The molecule has 3 rings (SSSR count). The van der Waals surface area contributed by atoms with E-state index >= 15 is 0 Å². The molecule has 1 aromatic carbocycles. The summed E-state index contributed by atoms with van der Waals surface area (Å²) in [7, 11) is 1.60. The van der Waals surface area contributed by atoms with Crippen LogP contribution in [0.5, 0.6) is 5.75 Å². The maximum atomic E-state index is 6.10. The molecule has 110 valence electrons. The maximum Gasteiger partial charge on any atom is 0.244 e. The number of halogens is 1. The SMILES string of the molecule is COc1cc(Cl)c(C)cc1Nc1cnnc(NC2CC2)n1. The molecular weight excluding hydrogens is 290 g/mol. The maximum absolute atomic E-state index is 6.10. The van der Waals surface area contributed by atoms with Gasteiger partial charge in [-0.1, -0.05) is 11.6 Å². The van der Waals surface area contributed by atoms with Crippen molar-refractivity contribution in [2.45, 2.75) is 25.8 Å². The van der Waals surface area contributed by atoms with E-state index in [4.69, 9.17) is 16.3 Å². The zero-order valence-electron chi connectivity index (χ0n) is 11.9. The number of hydrogen-bond acceptors (Lipinski definition) is 6. The predicted molar refractivity (Wildman–Crippen MR) is 82.5 cm³/mol. The summed E-state index contributed by atoms with van der Waals surface area (Å²) >= 11 is 6.10. The molecule has 0 bridgehead atoms. The number of aromatic nitrogens is 3. The minimum absolute atomic E-state index is 0.481. The Kier molecular flexibility index (Phi) is 3.79. The summed E-state index contributed by atoms with van der Waals surface area (Å²) < 4.78 is 5.33. The van der Waals surface area contributed by atoms with Crippen molar-refractivity contribution in [3.8, 4) is 5.75 Å². The van der Waals surface area contributed by atoms with Crippen LogP contribution in [-0.2, 0) is 0 Å². The van der Waals surface area contributed by atoms with E-state index in [1.165, 1.54) is 0 Å². The molecule has 0 saturated heterocycles. The lowest BCUT2D eigenvalue weighted by Gasteiger charge is -2.12. The smallest absolute Gasteiger partial charge is 0.244 e. The van der Waals surface area contributed by atoms with Crippen LogP contribution < -0.4 is 15.4 Å².